The molecule has 10 nitrogen and oxygen atoms in total. The van der Waals surface area contributed by atoms with Crippen molar-refractivity contribution in [3.63, 3.8) is 0 Å². The summed E-state index contributed by atoms with van der Waals surface area (Å²) in [7, 11) is 0. The minimum absolute atomic E-state index is 0.131. The number of fused-ring (bicyclic) bond motifs is 2. The summed E-state index contributed by atoms with van der Waals surface area (Å²) in [6, 6.07) is 1.77. The first-order valence-electron chi connectivity index (χ1n) is 9.24. The zero-order valence-corrected chi connectivity index (χ0v) is 15.6. The Morgan fingerprint density at radius 2 is 1.93 bits per heavy atom. The van der Waals surface area contributed by atoms with E-state index in [-0.39, 0.29) is 36.5 Å². The number of aryl methyl sites for hydroxylation is 1. The van der Waals surface area contributed by atoms with E-state index in [1.165, 1.54) is 0 Å². The van der Waals surface area contributed by atoms with Gasteiger partial charge in [0, 0.05) is 24.2 Å². The lowest BCUT2D eigenvalue weighted by Gasteiger charge is -2.05. The number of nitrogens with one attached hydrogen (secondary N) is 2. The molecule has 3 aromatic heterocycles. The van der Waals surface area contributed by atoms with Gasteiger partial charge in [0.15, 0.2) is 5.69 Å². The molecule has 2 saturated carbocycles. The van der Waals surface area contributed by atoms with Crippen LogP contribution < -0.4 is 10.6 Å². The lowest BCUT2D eigenvalue weighted by molar-refractivity contribution is -0.122. The predicted molar refractivity (Wildman–Crippen MR) is 95.2 cm³/mol. The number of hydrogen-bond acceptors (Lipinski definition) is 7. The number of carbonyl (C=O) groups excluding carboxylic acids is 2. The molecule has 2 aliphatic carbocycles. The van der Waals surface area contributed by atoms with Crippen LogP contribution >= 0.6 is 0 Å². The van der Waals surface area contributed by atoms with Gasteiger partial charge in [0.05, 0.1) is 24.5 Å². The SMILES string of the molecule is Cc1nonc1C(=O)NCc1cn2ccc(CNC(=O)CC34CC3(F)C4)nc2n1. The zero-order valence-electron chi connectivity index (χ0n) is 15.6. The van der Waals surface area contributed by atoms with Crippen molar-refractivity contribution in [3.8, 4) is 0 Å². The van der Waals surface area contributed by atoms with Crippen LogP contribution in [0.25, 0.3) is 5.78 Å². The summed E-state index contributed by atoms with van der Waals surface area (Å²) in [6.45, 7) is 2.07. The molecule has 3 heterocycles. The number of alkyl halides is 1. The summed E-state index contributed by atoms with van der Waals surface area (Å²) in [6.07, 6.45) is 4.79. The van der Waals surface area contributed by atoms with E-state index in [0.717, 1.165) is 0 Å². The van der Waals surface area contributed by atoms with Crippen LogP contribution in [0.5, 0.6) is 0 Å². The highest BCUT2D eigenvalue weighted by molar-refractivity contribution is 5.92. The van der Waals surface area contributed by atoms with Crippen molar-refractivity contribution < 1.29 is 18.6 Å². The standard InChI is InChI=1S/C18H18FN7O3/c1-10-14(25-29-24-10)15(28)21-6-12-7-26-3-2-11(22-16(26)23-12)5-20-13(27)4-17-8-18(17,19)9-17/h2-3,7H,4-6,8-9H2,1H3,(H,20,27)(H,21,28). The summed E-state index contributed by atoms with van der Waals surface area (Å²) >= 11 is 0. The fourth-order valence-electron chi connectivity index (χ4n) is 3.61. The second-order valence-corrected chi connectivity index (χ2v) is 7.79. The van der Waals surface area contributed by atoms with Gasteiger partial charge in [0.1, 0.15) is 11.4 Å². The molecule has 0 bridgehead atoms. The third-order valence-electron chi connectivity index (χ3n) is 5.63. The zero-order chi connectivity index (χ0) is 20.2. The second kappa shape index (κ2) is 6.06. The molecule has 0 unspecified atom stereocenters. The maximum Gasteiger partial charge on any atom is 0.275 e. The van der Waals surface area contributed by atoms with E-state index in [0.29, 0.717) is 35.7 Å². The van der Waals surface area contributed by atoms with E-state index in [1.807, 2.05) is 0 Å². The summed E-state index contributed by atoms with van der Waals surface area (Å²) in [5.74, 6) is -0.112. The molecule has 0 saturated heterocycles. The van der Waals surface area contributed by atoms with Gasteiger partial charge in [-0.2, -0.15) is 0 Å². The Bertz CT molecular complexity index is 1130. The first-order chi connectivity index (χ1) is 13.9. The molecule has 11 heteroatoms. The molecular weight excluding hydrogens is 381 g/mol. The second-order valence-electron chi connectivity index (χ2n) is 7.79. The Hall–Kier alpha value is -3.37. The number of hydrogen-bond donors (Lipinski definition) is 2. The molecule has 0 spiro atoms. The van der Waals surface area contributed by atoms with Crippen molar-refractivity contribution >= 4 is 17.6 Å². The van der Waals surface area contributed by atoms with Gasteiger partial charge in [-0.3, -0.25) is 14.0 Å². The van der Waals surface area contributed by atoms with Crippen LogP contribution in [0.4, 0.5) is 4.39 Å². The fourth-order valence-corrected chi connectivity index (χ4v) is 3.61. The highest BCUT2D eigenvalue weighted by Crippen LogP contribution is 2.82. The minimum atomic E-state index is -1.06. The highest BCUT2D eigenvalue weighted by atomic mass is 19.1. The first kappa shape index (κ1) is 17.7. The number of nitrogens with zero attached hydrogens (tertiary/aromatic N) is 5. The minimum Gasteiger partial charge on any atom is -0.350 e. The Morgan fingerprint density at radius 1 is 1.21 bits per heavy atom. The first-order valence-corrected chi connectivity index (χ1v) is 9.24. The third kappa shape index (κ3) is 3.12. The molecule has 3 aromatic rings. The van der Waals surface area contributed by atoms with Crippen molar-refractivity contribution in [2.75, 3.05) is 0 Å². The predicted octanol–water partition coefficient (Wildman–Crippen LogP) is 0.859. The van der Waals surface area contributed by atoms with Gasteiger partial charge in [-0.05, 0) is 31.0 Å². The van der Waals surface area contributed by atoms with Crippen molar-refractivity contribution in [1.82, 2.24) is 35.3 Å². The molecule has 2 N–H and O–H groups in total. The summed E-state index contributed by atoms with van der Waals surface area (Å²) in [5.41, 5.74) is 0.357. The Balaban J connectivity index is 1.18. The lowest BCUT2D eigenvalue weighted by atomic mass is 10.1. The molecular formula is C18H18FN7O3. The van der Waals surface area contributed by atoms with Gasteiger partial charge in [-0.15, -0.1) is 0 Å². The van der Waals surface area contributed by atoms with Crippen LogP contribution in [0.1, 0.15) is 46.8 Å². The molecule has 150 valence electrons. The van der Waals surface area contributed by atoms with E-state index in [2.05, 4.69) is 35.5 Å². The van der Waals surface area contributed by atoms with Gasteiger partial charge >= 0.3 is 0 Å². The Kier molecular flexibility index (Phi) is 3.70. The normalized spacial score (nSPS) is 24.2. The lowest BCUT2D eigenvalue weighted by Crippen LogP contribution is -2.24. The summed E-state index contributed by atoms with van der Waals surface area (Å²) < 4.78 is 19.8. The third-order valence-corrected chi connectivity index (χ3v) is 5.63. The van der Waals surface area contributed by atoms with Crippen LogP contribution in [0.3, 0.4) is 0 Å². The molecule has 0 atom stereocenters. The van der Waals surface area contributed by atoms with E-state index < -0.39 is 11.6 Å². The van der Waals surface area contributed by atoms with Crippen LogP contribution in [0.2, 0.25) is 0 Å². The van der Waals surface area contributed by atoms with Crippen molar-refractivity contribution in [1.29, 1.82) is 0 Å². The van der Waals surface area contributed by atoms with Gasteiger partial charge in [-0.25, -0.2) is 19.0 Å². The summed E-state index contributed by atoms with van der Waals surface area (Å²) in [5, 5.41) is 12.6. The Labute approximate surface area is 163 Å². The van der Waals surface area contributed by atoms with Gasteiger partial charge < -0.3 is 10.6 Å². The number of aromatic nitrogens is 5. The molecule has 29 heavy (non-hydrogen) atoms. The highest BCUT2D eigenvalue weighted by Gasteiger charge is 2.85. The van der Waals surface area contributed by atoms with E-state index >= 15 is 0 Å². The van der Waals surface area contributed by atoms with Gasteiger partial charge in [0.2, 0.25) is 11.7 Å². The molecule has 2 aliphatic rings. The molecule has 2 amide bonds. The largest absolute Gasteiger partial charge is 0.350 e. The Morgan fingerprint density at radius 3 is 2.62 bits per heavy atom. The van der Waals surface area contributed by atoms with Crippen LogP contribution in [0.15, 0.2) is 23.1 Å². The van der Waals surface area contributed by atoms with Crippen LogP contribution in [-0.2, 0) is 17.9 Å². The van der Waals surface area contributed by atoms with Crippen LogP contribution in [0, 0.1) is 12.3 Å². The number of imidazole rings is 1. The molecule has 0 radical (unpaired) electrons. The maximum atomic E-state index is 13.6. The molecule has 0 aliphatic heterocycles. The van der Waals surface area contributed by atoms with E-state index in [1.54, 1.807) is 29.8 Å². The molecule has 0 aromatic carbocycles. The van der Waals surface area contributed by atoms with Crippen molar-refractivity contribution in [3.05, 3.63) is 41.2 Å². The number of halogens is 1. The van der Waals surface area contributed by atoms with E-state index in [4.69, 9.17) is 0 Å². The number of amides is 2. The van der Waals surface area contributed by atoms with Gasteiger partial charge in [-0.1, -0.05) is 5.16 Å². The number of rotatable bonds is 7. The van der Waals surface area contributed by atoms with E-state index in [9.17, 15) is 14.0 Å². The molecule has 2 fully saturated rings. The number of carbonyl (C=O) groups is 2. The van der Waals surface area contributed by atoms with Crippen molar-refractivity contribution in [2.45, 2.75) is 44.9 Å². The van der Waals surface area contributed by atoms with Crippen molar-refractivity contribution in [2.24, 2.45) is 5.41 Å². The molecule has 5 rings (SSSR count). The maximum absolute atomic E-state index is 13.6. The summed E-state index contributed by atoms with van der Waals surface area (Å²) in [4.78, 5) is 32.8. The average molecular weight is 399 g/mol. The fraction of sp³-hybridized carbons (Fsp3) is 0.444. The monoisotopic (exact) mass is 399 g/mol. The average Bonchev–Trinajstić information content (AvgIpc) is 3.19. The van der Waals surface area contributed by atoms with Crippen LogP contribution in [-0.4, -0.2) is 42.2 Å². The topological polar surface area (TPSA) is 127 Å². The smallest absolute Gasteiger partial charge is 0.275 e. The quantitative estimate of drug-likeness (QED) is 0.603. The van der Waals surface area contributed by atoms with Gasteiger partial charge in [0.25, 0.3) is 5.91 Å².